The Balaban J connectivity index is 1.37. The van der Waals surface area contributed by atoms with Crippen molar-refractivity contribution in [3.8, 4) is 5.75 Å². The molecule has 1 unspecified atom stereocenters. The van der Waals surface area contributed by atoms with E-state index in [9.17, 15) is 9.59 Å². The summed E-state index contributed by atoms with van der Waals surface area (Å²) >= 11 is 0. The maximum Gasteiger partial charge on any atom is 0.255 e. The van der Waals surface area contributed by atoms with Crippen LogP contribution in [0.1, 0.15) is 39.9 Å². The van der Waals surface area contributed by atoms with Crippen LogP contribution in [0.3, 0.4) is 0 Å². The first kappa shape index (κ1) is 25.9. The summed E-state index contributed by atoms with van der Waals surface area (Å²) in [7, 11) is 3.42. The highest BCUT2D eigenvalue weighted by Gasteiger charge is 2.39. The fourth-order valence-corrected chi connectivity index (χ4v) is 4.64. The molecule has 2 amide bonds. The van der Waals surface area contributed by atoms with Crippen LogP contribution in [0.5, 0.6) is 5.75 Å². The molecule has 0 spiro atoms. The lowest BCUT2D eigenvalue weighted by atomic mass is 10.0. The molecule has 0 radical (unpaired) electrons. The summed E-state index contributed by atoms with van der Waals surface area (Å²) in [4.78, 5) is 29.5. The Morgan fingerprint density at radius 3 is 2.39 bits per heavy atom. The molecule has 1 saturated heterocycles. The number of carbonyl (C=O) groups excluding carboxylic acids is 2. The molecule has 2 aliphatic heterocycles. The van der Waals surface area contributed by atoms with Crippen LogP contribution in [0.2, 0.25) is 0 Å². The van der Waals surface area contributed by atoms with Crippen LogP contribution in [-0.2, 0) is 34.0 Å². The van der Waals surface area contributed by atoms with Gasteiger partial charge in [-0.3, -0.25) is 14.5 Å². The molecule has 4 rings (SSSR count). The second-order valence-electron chi connectivity index (χ2n) is 9.23. The molecular weight excluding hydrogens is 458 g/mol. The van der Waals surface area contributed by atoms with Gasteiger partial charge < -0.3 is 24.4 Å². The lowest BCUT2D eigenvalue weighted by Gasteiger charge is -2.31. The quantitative estimate of drug-likeness (QED) is 0.490. The third-order valence-electron chi connectivity index (χ3n) is 6.70. The number of rotatable bonds is 12. The molecule has 1 fully saturated rings. The number of amides is 2. The van der Waals surface area contributed by atoms with Gasteiger partial charge in [-0.25, -0.2) is 0 Å². The highest BCUT2D eigenvalue weighted by molar-refractivity contribution is 6.02. The van der Waals surface area contributed by atoms with Crippen LogP contribution < -0.4 is 10.1 Å². The zero-order chi connectivity index (χ0) is 25.5. The fourth-order valence-electron chi connectivity index (χ4n) is 4.64. The molecular formula is C28H35N3O5. The number of hydrogen-bond donors (Lipinski definition) is 1. The summed E-state index contributed by atoms with van der Waals surface area (Å²) in [6, 6.07) is 13.4. The number of nitrogens with zero attached hydrogens (tertiary/aromatic N) is 2. The van der Waals surface area contributed by atoms with E-state index in [0.717, 1.165) is 30.8 Å². The zero-order valence-electron chi connectivity index (χ0n) is 21.1. The highest BCUT2D eigenvalue weighted by atomic mass is 16.5. The summed E-state index contributed by atoms with van der Waals surface area (Å²) in [5.41, 5.74) is 4.40. The van der Waals surface area contributed by atoms with Crippen LogP contribution in [-0.4, -0.2) is 68.2 Å². The zero-order valence-corrected chi connectivity index (χ0v) is 21.1. The van der Waals surface area contributed by atoms with Crippen LogP contribution in [0, 0.1) is 0 Å². The number of ether oxygens (including phenoxy) is 3. The third-order valence-corrected chi connectivity index (χ3v) is 6.70. The van der Waals surface area contributed by atoms with E-state index in [-0.39, 0.29) is 11.8 Å². The van der Waals surface area contributed by atoms with Gasteiger partial charge in [0.05, 0.1) is 19.8 Å². The standard InChI is InChI=1S/C28H35N3O5/c1-20-7-12-25(27(32)29-20)31-18-24-23(28(31)33)5-4-6-26(24)36-19-22-10-8-21(9-11-22)17-30(13-15-34-2)14-16-35-3/h4-6,8-11,25H,1,7,12-19H2,2-3H3,(H,29,32). The largest absolute Gasteiger partial charge is 0.489 e. The minimum atomic E-state index is -0.483. The average molecular weight is 494 g/mol. The number of methoxy groups -OCH3 is 2. The second-order valence-corrected chi connectivity index (χ2v) is 9.23. The average Bonchev–Trinajstić information content (AvgIpc) is 3.22. The minimum Gasteiger partial charge on any atom is -0.489 e. The van der Waals surface area contributed by atoms with Gasteiger partial charge in [0, 0.05) is 50.7 Å². The lowest BCUT2D eigenvalue weighted by molar-refractivity contribution is -0.126. The molecule has 1 N–H and O–H groups in total. The first-order valence-corrected chi connectivity index (χ1v) is 12.3. The molecule has 36 heavy (non-hydrogen) atoms. The third kappa shape index (κ3) is 6.13. The van der Waals surface area contributed by atoms with Gasteiger partial charge in [0.15, 0.2) is 0 Å². The molecule has 0 bridgehead atoms. The van der Waals surface area contributed by atoms with E-state index >= 15 is 0 Å². The van der Waals surface area contributed by atoms with Crippen molar-refractivity contribution in [2.75, 3.05) is 40.5 Å². The van der Waals surface area contributed by atoms with Crippen molar-refractivity contribution in [2.24, 2.45) is 0 Å². The van der Waals surface area contributed by atoms with Crippen molar-refractivity contribution >= 4 is 11.8 Å². The van der Waals surface area contributed by atoms with Crippen LogP contribution in [0.15, 0.2) is 54.7 Å². The number of fused-ring (bicyclic) bond motifs is 1. The molecule has 2 heterocycles. The Morgan fingerprint density at radius 2 is 1.72 bits per heavy atom. The molecule has 0 aliphatic carbocycles. The van der Waals surface area contributed by atoms with Gasteiger partial charge in [0.2, 0.25) is 5.91 Å². The first-order valence-electron chi connectivity index (χ1n) is 12.3. The second kappa shape index (κ2) is 12.2. The van der Waals surface area contributed by atoms with E-state index < -0.39 is 6.04 Å². The number of nitrogens with one attached hydrogen (secondary N) is 1. The Morgan fingerprint density at radius 1 is 1.03 bits per heavy atom. The molecule has 0 aromatic heterocycles. The fraction of sp³-hybridized carbons (Fsp3) is 0.429. The molecule has 2 aromatic rings. The van der Waals surface area contributed by atoms with E-state index in [2.05, 4.69) is 41.1 Å². The number of piperidine rings is 1. The predicted octanol–water partition coefficient (Wildman–Crippen LogP) is 3.11. The molecule has 8 nitrogen and oxygen atoms in total. The molecule has 1 atom stereocenters. The number of hydrogen-bond acceptors (Lipinski definition) is 6. The summed E-state index contributed by atoms with van der Waals surface area (Å²) in [6.45, 7) is 8.45. The first-order chi connectivity index (χ1) is 17.5. The molecule has 0 saturated carbocycles. The van der Waals surface area contributed by atoms with Crippen LogP contribution in [0.25, 0.3) is 0 Å². The van der Waals surface area contributed by atoms with Crippen molar-refractivity contribution in [3.05, 3.63) is 77.0 Å². The normalized spacial score (nSPS) is 17.5. The lowest BCUT2D eigenvalue weighted by Crippen LogP contribution is -2.49. The van der Waals surface area contributed by atoms with Gasteiger partial charge in [-0.1, -0.05) is 36.9 Å². The van der Waals surface area contributed by atoms with Gasteiger partial charge in [0.1, 0.15) is 18.4 Å². The van der Waals surface area contributed by atoms with Crippen LogP contribution >= 0.6 is 0 Å². The van der Waals surface area contributed by atoms with Crippen molar-refractivity contribution in [1.82, 2.24) is 15.1 Å². The summed E-state index contributed by atoms with van der Waals surface area (Å²) in [5, 5.41) is 2.78. The number of allylic oxidation sites excluding steroid dienone is 1. The predicted molar refractivity (Wildman–Crippen MR) is 136 cm³/mol. The number of carbonyl (C=O) groups is 2. The summed E-state index contributed by atoms with van der Waals surface area (Å²) in [6.07, 6.45) is 1.26. The van der Waals surface area contributed by atoms with Gasteiger partial charge in [-0.2, -0.15) is 0 Å². The van der Waals surface area contributed by atoms with Crippen molar-refractivity contribution < 1.29 is 23.8 Å². The maximum atomic E-state index is 13.1. The Labute approximate surface area is 212 Å². The van der Waals surface area contributed by atoms with E-state index in [1.54, 1.807) is 25.2 Å². The van der Waals surface area contributed by atoms with E-state index in [0.29, 0.717) is 56.2 Å². The Bertz CT molecular complexity index is 1080. The molecule has 192 valence electrons. The smallest absolute Gasteiger partial charge is 0.255 e. The van der Waals surface area contributed by atoms with E-state index in [1.165, 1.54) is 5.56 Å². The number of benzene rings is 2. The summed E-state index contributed by atoms with van der Waals surface area (Å²) in [5.74, 6) is 0.385. The highest BCUT2D eigenvalue weighted by Crippen LogP contribution is 2.34. The van der Waals surface area contributed by atoms with Crippen molar-refractivity contribution in [3.63, 3.8) is 0 Å². The summed E-state index contributed by atoms with van der Waals surface area (Å²) < 4.78 is 16.6. The molecule has 2 aliphatic rings. The minimum absolute atomic E-state index is 0.126. The monoisotopic (exact) mass is 493 g/mol. The van der Waals surface area contributed by atoms with Crippen molar-refractivity contribution in [1.29, 1.82) is 0 Å². The Hall–Kier alpha value is -3.20. The van der Waals surface area contributed by atoms with Gasteiger partial charge in [-0.05, 0) is 36.1 Å². The topological polar surface area (TPSA) is 80.3 Å². The van der Waals surface area contributed by atoms with Crippen LogP contribution in [0.4, 0.5) is 0 Å². The SMILES string of the molecule is C=C1CCC(N2Cc3c(OCc4ccc(CN(CCOC)CCOC)cc4)cccc3C2=O)C(=O)N1. The molecule has 2 aromatic carbocycles. The maximum absolute atomic E-state index is 13.1. The Kier molecular flexibility index (Phi) is 8.74. The van der Waals surface area contributed by atoms with Crippen molar-refractivity contribution in [2.45, 2.75) is 38.6 Å². The van der Waals surface area contributed by atoms with Gasteiger partial charge in [0.25, 0.3) is 5.91 Å². The van der Waals surface area contributed by atoms with Gasteiger partial charge in [-0.15, -0.1) is 0 Å². The van der Waals surface area contributed by atoms with Gasteiger partial charge >= 0.3 is 0 Å². The molecule has 8 heteroatoms. The van der Waals surface area contributed by atoms with E-state index in [1.807, 2.05) is 12.1 Å². The van der Waals surface area contributed by atoms with E-state index in [4.69, 9.17) is 14.2 Å².